The van der Waals surface area contributed by atoms with Gasteiger partial charge in [0.1, 0.15) is 24.5 Å². The van der Waals surface area contributed by atoms with Crippen LogP contribution in [-0.2, 0) is 16.9 Å². The number of fused-ring (bicyclic) bond motifs is 1. The first-order valence-corrected chi connectivity index (χ1v) is 8.80. The molecular formula is C20H21N3O4. The van der Waals surface area contributed by atoms with Gasteiger partial charge in [0, 0.05) is 11.8 Å². The summed E-state index contributed by atoms with van der Waals surface area (Å²) in [4.78, 5) is 12.6. The first-order valence-electron chi connectivity index (χ1n) is 8.80. The molecule has 140 valence electrons. The first kappa shape index (κ1) is 17.2. The zero-order chi connectivity index (χ0) is 18.9. The molecule has 1 aliphatic rings. The number of nitrogens with zero attached hydrogens (tertiary/aromatic N) is 2. The van der Waals surface area contributed by atoms with Gasteiger partial charge in [0.15, 0.2) is 11.5 Å². The highest BCUT2D eigenvalue weighted by atomic mass is 16.6. The van der Waals surface area contributed by atoms with Gasteiger partial charge in [-0.1, -0.05) is 6.07 Å². The van der Waals surface area contributed by atoms with Crippen LogP contribution in [0.1, 0.15) is 19.6 Å². The Morgan fingerprint density at radius 1 is 1.19 bits per heavy atom. The molecule has 27 heavy (non-hydrogen) atoms. The third-order valence-corrected chi connectivity index (χ3v) is 4.59. The fraction of sp³-hybridized carbons (Fsp3) is 0.300. The van der Waals surface area contributed by atoms with Gasteiger partial charge in [-0.2, -0.15) is 5.10 Å². The number of ether oxygens (including phenoxy) is 2. The van der Waals surface area contributed by atoms with Gasteiger partial charge in [-0.3, -0.25) is 9.48 Å². The summed E-state index contributed by atoms with van der Waals surface area (Å²) in [6.07, 6.45) is 5.19. The second-order valence-corrected chi connectivity index (χ2v) is 6.85. The summed E-state index contributed by atoms with van der Waals surface area (Å²) in [5.74, 6) is 2.03. The molecule has 0 aliphatic carbocycles. The maximum absolute atomic E-state index is 12.6. The van der Waals surface area contributed by atoms with E-state index in [-0.39, 0.29) is 5.91 Å². The Labute approximate surface area is 156 Å². The van der Waals surface area contributed by atoms with Crippen molar-refractivity contribution in [1.29, 1.82) is 0 Å². The Bertz CT molecular complexity index is 944. The predicted octanol–water partition coefficient (Wildman–Crippen LogP) is 2.97. The molecule has 1 aromatic carbocycles. The van der Waals surface area contributed by atoms with E-state index in [1.165, 1.54) is 0 Å². The van der Waals surface area contributed by atoms with E-state index in [9.17, 15) is 4.79 Å². The highest BCUT2D eigenvalue weighted by molar-refractivity contribution is 5.83. The van der Waals surface area contributed by atoms with Gasteiger partial charge < -0.3 is 19.2 Å². The average Bonchev–Trinajstić information content (AvgIpc) is 3.37. The summed E-state index contributed by atoms with van der Waals surface area (Å²) >= 11 is 0. The van der Waals surface area contributed by atoms with Crippen molar-refractivity contribution < 1.29 is 18.7 Å². The van der Waals surface area contributed by atoms with Gasteiger partial charge in [0.25, 0.3) is 0 Å². The minimum absolute atomic E-state index is 0.143. The number of rotatable bonds is 5. The van der Waals surface area contributed by atoms with Crippen LogP contribution in [0.3, 0.4) is 0 Å². The highest BCUT2D eigenvalue weighted by Crippen LogP contribution is 2.34. The number of amides is 1. The van der Waals surface area contributed by atoms with Crippen molar-refractivity contribution in [1.82, 2.24) is 15.1 Å². The summed E-state index contributed by atoms with van der Waals surface area (Å²) in [7, 11) is 0. The van der Waals surface area contributed by atoms with Crippen LogP contribution in [0.15, 0.2) is 53.4 Å². The first-order chi connectivity index (χ1) is 13.0. The third-order valence-electron chi connectivity index (χ3n) is 4.59. The molecule has 0 spiro atoms. The standard InChI is InChI=1S/C20H21N3O4/c1-20(2,19(24)21-12-16-4-3-7-25-16)23-13-15(11-22-23)14-5-6-17-18(10-14)27-9-8-26-17/h3-7,10-11,13H,8-9,12H2,1-2H3,(H,21,24). The molecule has 0 fully saturated rings. The number of aromatic nitrogens is 2. The van der Waals surface area contributed by atoms with Crippen LogP contribution in [0.4, 0.5) is 0 Å². The fourth-order valence-corrected chi connectivity index (χ4v) is 2.90. The molecule has 7 nitrogen and oxygen atoms in total. The maximum atomic E-state index is 12.6. The van der Waals surface area contributed by atoms with Crippen molar-refractivity contribution in [3.8, 4) is 22.6 Å². The van der Waals surface area contributed by atoms with Crippen LogP contribution in [0.5, 0.6) is 11.5 Å². The van der Waals surface area contributed by atoms with Crippen LogP contribution < -0.4 is 14.8 Å². The van der Waals surface area contributed by atoms with E-state index in [0.717, 1.165) is 22.6 Å². The maximum Gasteiger partial charge on any atom is 0.247 e. The normalized spacial score (nSPS) is 13.4. The van der Waals surface area contributed by atoms with Crippen LogP contribution in [-0.4, -0.2) is 28.9 Å². The number of hydrogen-bond acceptors (Lipinski definition) is 5. The van der Waals surface area contributed by atoms with E-state index in [4.69, 9.17) is 13.9 Å². The number of benzene rings is 1. The second-order valence-electron chi connectivity index (χ2n) is 6.85. The summed E-state index contributed by atoms with van der Waals surface area (Å²) in [5, 5.41) is 7.29. The molecule has 0 atom stereocenters. The van der Waals surface area contributed by atoms with Gasteiger partial charge in [0.2, 0.25) is 5.91 Å². The lowest BCUT2D eigenvalue weighted by Gasteiger charge is -2.24. The van der Waals surface area contributed by atoms with E-state index in [1.807, 2.05) is 44.3 Å². The van der Waals surface area contributed by atoms with Crippen molar-refractivity contribution in [3.05, 3.63) is 54.7 Å². The van der Waals surface area contributed by atoms with Crippen molar-refractivity contribution >= 4 is 5.91 Å². The molecule has 3 heterocycles. The van der Waals surface area contributed by atoms with E-state index in [0.29, 0.717) is 25.5 Å². The van der Waals surface area contributed by atoms with Crippen molar-refractivity contribution in [2.75, 3.05) is 13.2 Å². The number of carbonyl (C=O) groups excluding carboxylic acids is 1. The van der Waals surface area contributed by atoms with Crippen LogP contribution >= 0.6 is 0 Å². The largest absolute Gasteiger partial charge is 0.486 e. The molecule has 0 saturated heterocycles. The Hall–Kier alpha value is -3.22. The number of carbonyl (C=O) groups is 1. The van der Waals surface area contributed by atoms with Crippen LogP contribution in [0, 0.1) is 0 Å². The quantitative estimate of drug-likeness (QED) is 0.750. The molecule has 0 bridgehead atoms. The van der Waals surface area contributed by atoms with Crippen LogP contribution in [0.25, 0.3) is 11.1 Å². The number of hydrogen-bond donors (Lipinski definition) is 1. The third kappa shape index (κ3) is 3.40. The lowest BCUT2D eigenvalue weighted by molar-refractivity contribution is -0.129. The number of furan rings is 1. The molecule has 0 radical (unpaired) electrons. The minimum Gasteiger partial charge on any atom is -0.486 e. The average molecular weight is 367 g/mol. The highest BCUT2D eigenvalue weighted by Gasteiger charge is 2.30. The summed E-state index contributed by atoms with van der Waals surface area (Å²) in [6.45, 7) is 5.09. The Morgan fingerprint density at radius 3 is 2.78 bits per heavy atom. The monoisotopic (exact) mass is 367 g/mol. The topological polar surface area (TPSA) is 78.5 Å². The van der Waals surface area contributed by atoms with Gasteiger partial charge in [-0.25, -0.2) is 0 Å². The van der Waals surface area contributed by atoms with Gasteiger partial charge in [-0.05, 0) is 43.7 Å². The summed E-state index contributed by atoms with van der Waals surface area (Å²) in [6, 6.07) is 9.39. The SMILES string of the molecule is CC(C)(C(=O)NCc1ccco1)n1cc(-c2ccc3c(c2)OCCO3)cn1. The molecule has 1 aliphatic heterocycles. The van der Waals surface area contributed by atoms with Gasteiger partial charge >= 0.3 is 0 Å². The van der Waals surface area contributed by atoms with Crippen molar-refractivity contribution in [2.45, 2.75) is 25.9 Å². The molecular weight excluding hydrogens is 346 g/mol. The van der Waals surface area contributed by atoms with Gasteiger partial charge in [0.05, 0.1) is 19.0 Å². The summed E-state index contributed by atoms with van der Waals surface area (Å²) < 4.78 is 18.1. The van der Waals surface area contributed by atoms with E-state index in [1.54, 1.807) is 23.2 Å². The number of nitrogens with one attached hydrogen (secondary N) is 1. The molecule has 4 rings (SSSR count). The molecule has 3 aromatic rings. The molecule has 2 aromatic heterocycles. The van der Waals surface area contributed by atoms with Crippen molar-refractivity contribution in [2.24, 2.45) is 0 Å². The lowest BCUT2D eigenvalue weighted by Crippen LogP contribution is -2.44. The van der Waals surface area contributed by atoms with Crippen molar-refractivity contribution in [3.63, 3.8) is 0 Å². The van der Waals surface area contributed by atoms with Crippen LogP contribution in [0.2, 0.25) is 0 Å². The Kier molecular flexibility index (Phi) is 4.35. The predicted molar refractivity (Wildman–Crippen MR) is 98.5 cm³/mol. The summed E-state index contributed by atoms with van der Waals surface area (Å²) in [5.41, 5.74) is 1.01. The lowest BCUT2D eigenvalue weighted by atomic mass is 10.0. The van der Waals surface area contributed by atoms with E-state index < -0.39 is 5.54 Å². The Balaban J connectivity index is 1.51. The van der Waals surface area contributed by atoms with E-state index >= 15 is 0 Å². The minimum atomic E-state index is -0.849. The molecule has 0 saturated carbocycles. The zero-order valence-electron chi connectivity index (χ0n) is 15.3. The molecule has 1 N–H and O–H groups in total. The fourth-order valence-electron chi connectivity index (χ4n) is 2.90. The van der Waals surface area contributed by atoms with Gasteiger partial charge in [-0.15, -0.1) is 0 Å². The molecule has 7 heteroatoms. The van der Waals surface area contributed by atoms with E-state index in [2.05, 4.69) is 10.4 Å². The smallest absolute Gasteiger partial charge is 0.247 e. The molecule has 0 unspecified atom stereocenters. The molecule has 1 amide bonds. The second kappa shape index (κ2) is 6.83. The zero-order valence-corrected chi connectivity index (χ0v) is 15.3. The Morgan fingerprint density at radius 2 is 2.00 bits per heavy atom.